The molecule has 0 saturated heterocycles. The predicted octanol–water partition coefficient (Wildman–Crippen LogP) is 3.88. The first-order valence-corrected chi connectivity index (χ1v) is 5.55. The first kappa shape index (κ1) is 16.1. The highest BCUT2D eigenvalue weighted by atomic mass is 127. The molecule has 1 rings (SSSR count). The van der Waals surface area contributed by atoms with E-state index < -0.39 is 35.7 Å². The molecular weight excluding hydrogens is 398 g/mol. The molecule has 1 aromatic carbocycles. The lowest BCUT2D eigenvalue weighted by molar-refractivity contribution is -0.299. The summed E-state index contributed by atoms with van der Waals surface area (Å²) in [6.07, 6.45) is -15.4. The molecule has 0 aliphatic carbocycles. The third-order valence-electron chi connectivity index (χ3n) is 1.89. The minimum atomic E-state index is -5.69. The minimum Gasteiger partial charge on any atom is -0.469 e. The topological polar surface area (TPSA) is 35.2 Å². The van der Waals surface area contributed by atoms with Crippen molar-refractivity contribution in [3.63, 3.8) is 0 Å². The molecule has 0 aromatic heterocycles. The molecule has 19 heavy (non-hydrogen) atoms. The number of nitrogen functional groups attached to an aromatic ring is 1. The Bertz CT molecular complexity index is 457. The molecule has 2 nitrogen and oxygen atoms in total. The normalized spacial score (nSPS) is 12.9. The van der Waals surface area contributed by atoms with Crippen molar-refractivity contribution in [3.8, 4) is 5.75 Å². The molecule has 0 heterocycles. The van der Waals surface area contributed by atoms with Gasteiger partial charge in [0.2, 0.25) is 0 Å². The lowest BCUT2D eigenvalue weighted by Gasteiger charge is -2.24. The average molecular weight is 403 g/mol. The zero-order chi connectivity index (χ0) is 15.0. The number of nitrogens with two attached hydrogens (primary N) is 1. The lowest BCUT2D eigenvalue weighted by atomic mass is 10.2. The highest BCUT2D eigenvalue weighted by molar-refractivity contribution is 14.1. The van der Waals surface area contributed by atoms with Gasteiger partial charge in [0, 0.05) is 6.07 Å². The summed E-state index contributed by atoms with van der Waals surface area (Å²) in [6, 6.07) is 1.25. The molecule has 1 aromatic rings. The van der Waals surface area contributed by atoms with Gasteiger partial charge >= 0.3 is 12.4 Å². The Hall–Kier alpha value is -0.940. The fourth-order valence-corrected chi connectivity index (χ4v) is 1.58. The molecule has 0 fully saturated rings. The zero-order valence-electron chi connectivity index (χ0n) is 8.74. The highest BCUT2D eigenvalue weighted by Crippen LogP contribution is 2.38. The van der Waals surface area contributed by atoms with Crippen LogP contribution in [0.2, 0.25) is 0 Å². The Morgan fingerprint density at radius 1 is 1.05 bits per heavy atom. The maximum Gasteiger partial charge on any atom is 0.434 e. The standard InChI is InChI=1S/C9H5F7INO/c10-3-1-6(5(18)2-4(3)17)19-7(8(11,12)13)9(14,15)16/h1-2,7H,18H2. The maximum atomic E-state index is 13.1. The van der Waals surface area contributed by atoms with Crippen molar-refractivity contribution >= 4 is 28.3 Å². The van der Waals surface area contributed by atoms with Crippen LogP contribution < -0.4 is 10.5 Å². The molecule has 10 heteroatoms. The molecule has 0 saturated carbocycles. The Balaban J connectivity index is 3.15. The molecule has 0 aliphatic heterocycles. The molecule has 2 N–H and O–H groups in total. The number of anilines is 1. The number of hydrogen-bond acceptors (Lipinski definition) is 2. The summed E-state index contributed by atoms with van der Waals surface area (Å²) >= 11 is 1.48. The summed E-state index contributed by atoms with van der Waals surface area (Å²) in [5, 5.41) is 0. The van der Waals surface area contributed by atoms with Gasteiger partial charge in [-0.05, 0) is 28.7 Å². The molecule has 0 spiro atoms. The van der Waals surface area contributed by atoms with Crippen molar-refractivity contribution in [2.24, 2.45) is 0 Å². The molecular formula is C9H5F7INO. The van der Waals surface area contributed by atoms with E-state index in [4.69, 9.17) is 5.73 Å². The molecule has 0 unspecified atom stereocenters. The predicted molar refractivity (Wildman–Crippen MR) is 60.1 cm³/mol. The molecule has 108 valence electrons. The van der Waals surface area contributed by atoms with E-state index in [1.807, 2.05) is 0 Å². The zero-order valence-corrected chi connectivity index (χ0v) is 10.9. The van der Waals surface area contributed by atoms with Gasteiger partial charge in [0.05, 0.1) is 9.26 Å². The molecule has 0 aliphatic rings. The summed E-state index contributed by atoms with van der Waals surface area (Å²) in [5.74, 6) is -2.05. The van der Waals surface area contributed by atoms with Crippen molar-refractivity contribution < 1.29 is 35.5 Å². The average Bonchev–Trinajstić information content (AvgIpc) is 2.17. The van der Waals surface area contributed by atoms with Crippen LogP contribution >= 0.6 is 22.6 Å². The van der Waals surface area contributed by atoms with E-state index >= 15 is 0 Å². The molecule has 0 atom stereocenters. The second kappa shape index (κ2) is 5.21. The second-order valence-electron chi connectivity index (χ2n) is 3.39. The Kier molecular flexibility index (Phi) is 4.42. The summed E-state index contributed by atoms with van der Waals surface area (Å²) < 4.78 is 90.2. The number of benzene rings is 1. The number of rotatable bonds is 2. The number of halogens is 8. The van der Waals surface area contributed by atoms with Gasteiger partial charge in [0.1, 0.15) is 11.6 Å². The van der Waals surface area contributed by atoms with Gasteiger partial charge in [-0.2, -0.15) is 26.3 Å². The second-order valence-corrected chi connectivity index (χ2v) is 4.55. The van der Waals surface area contributed by atoms with Crippen LogP contribution in [0.3, 0.4) is 0 Å². The van der Waals surface area contributed by atoms with Crippen LogP contribution in [0.15, 0.2) is 12.1 Å². The number of hydrogen-bond donors (Lipinski definition) is 1. The van der Waals surface area contributed by atoms with Crippen LogP contribution in [0, 0.1) is 9.39 Å². The van der Waals surface area contributed by atoms with E-state index in [-0.39, 0.29) is 3.57 Å². The third kappa shape index (κ3) is 4.01. The summed E-state index contributed by atoms with van der Waals surface area (Å²) in [5.41, 5.74) is 4.67. The first-order chi connectivity index (χ1) is 8.43. The molecule has 0 radical (unpaired) electrons. The van der Waals surface area contributed by atoms with Gasteiger partial charge in [0.15, 0.2) is 0 Å². The summed E-state index contributed by atoms with van der Waals surface area (Å²) in [6.45, 7) is 0. The van der Waals surface area contributed by atoms with Crippen LogP contribution in [-0.4, -0.2) is 18.5 Å². The van der Waals surface area contributed by atoms with Crippen molar-refractivity contribution in [2.75, 3.05) is 5.73 Å². The Labute approximate surface area is 115 Å². The number of ether oxygens (including phenoxy) is 1. The highest BCUT2D eigenvalue weighted by Gasteiger charge is 2.59. The van der Waals surface area contributed by atoms with Crippen molar-refractivity contribution in [1.82, 2.24) is 0 Å². The Morgan fingerprint density at radius 3 is 1.95 bits per heavy atom. The van der Waals surface area contributed by atoms with Gasteiger partial charge < -0.3 is 10.5 Å². The van der Waals surface area contributed by atoms with Crippen molar-refractivity contribution in [2.45, 2.75) is 18.5 Å². The molecule has 0 amide bonds. The van der Waals surface area contributed by atoms with Crippen LogP contribution in [-0.2, 0) is 0 Å². The van der Waals surface area contributed by atoms with Crippen molar-refractivity contribution in [3.05, 3.63) is 21.5 Å². The van der Waals surface area contributed by atoms with Gasteiger partial charge in [0.25, 0.3) is 6.10 Å². The van der Waals surface area contributed by atoms with Gasteiger partial charge in [-0.15, -0.1) is 0 Å². The van der Waals surface area contributed by atoms with Gasteiger partial charge in [-0.3, -0.25) is 0 Å². The Morgan fingerprint density at radius 2 is 1.53 bits per heavy atom. The summed E-state index contributed by atoms with van der Waals surface area (Å²) in [4.78, 5) is 0. The van der Waals surface area contributed by atoms with Crippen LogP contribution in [0.25, 0.3) is 0 Å². The SMILES string of the molecule is Nc1cc(I)c(F)cc1OC(C(F)(F)F)C(F)(F)F. The van der Waals surface area contributed by atoms with E-state index in [0.29, 0.717) is 6.07 Å². The first-order valence-electron chi connectivity index (χ1n) is 4.47. The fraction of sp³-hybridized carbons (Fsp3) is 0.333. The lowest BCUT2D eigenvalue weighted by Crippen LogP contribution is -2.46. The van der Waals surface area contributed by atoms with E-state index in [0.717, 1.165) is 6.07 Å². The smallest absolute Gasteiger partial charge is 0.434 e. The minimum absolute atomic E-state index is 0.0574. The van der Waals surface area contributed by atoms with Crippen LogP contribution in [0.5, 0.6) is 5.75 Å². The van der Waals surface area contributed by atoms with E-state index in [1.54, 1.807) is 0 Å². The quantitative estimate of drug-likeness (QED) is 0.462. The van der Waals surface area contributed by atoms with Crippen molar-refractivity contribution in [1.29, 1.82) is 0 Å². The fourth-order valence-electron chi connectivity index (χ4n) is 1.09. The van der Waals surface area contributed by atoms with E-state index in [2.05, 4.69) is 4.74 Å². The van der Waals surface area contributed by atoms with Crippen LogP contribution in [0.4, 0.5) is 36.4 Å². The van der Waals surface area contributed by atoms with Gasteiger partial charge in [-0.25, -0.2) is 4.39 Å². The van der Waals surface area contributed by atoms with E-state index in [1.165, 1.54) is 22.6 Å². The molecule has 0 bridgehead atoms. The van der Waals surface area contributed by atoms with Crippen LogP contribution in [0.1, 0.15) is 0 Å². The van der Waals surface area contributed by atoms with Gasteiger partial charge in [-0.1, -0.05) is 0 Å². The third-order valence-corrected chi connectivity index (χ3v) is 2.72. The largest absolute Gasteiger partial charge is 0.469 e. The maximum absolute atomic E-state index is 13.1. The number of alkyl halides is 6. The van der Waals surface area contributed by atoms with E-state index in [9.17, 15) is 30.7 Å². The summed E-state index contributed by atoms with van der Waals surface area (Å²) in [7, 11) is 0. The monoisotopic (exact) mass is 403 g/mol.